The monoisotopic (exact) mass is 396 g/mol. The van der Waals surface area contributed by atoms with Crippen LogP contribution in [0.15, 0.2) is 85.3 Å². The normalized spacial score (nSPS) is 12.5. The highest BCUT2D eigenvalue weighted by Gasteiger charge is 2.32. The molecule has 1 aliphatic rings. The lowest BCUT2D eigenvalue weighted by molar-refractivity contribution is -0.121. The molecule has 0 saturated carbocycles. The summed E-state index contributed by atoms with van der Waals surface area (Å²) < 4.78 is 7.98. The van der Waals surface area contributed by atoms with Crippen molar-refractivity contribution in [1.29, 1.82) is 0 Å². The second-order valence-electron chi connectivity index (χ2n) is 7.06. The number of hydrogen-bond acceptors (Lipinski definition) is 4. The molecule has 0 atom stereocenters. The molecular formula is C24H20N4O2. The van der Waals surface area contributed by atoms with Crippen LogP contribution in [-0.2, 0) is 11.3 Å². The van der Waals surface area contributed by atoms with E-state index in [0.29, 0.717) is 13.1 Å². The number of nitrogens with one attached hydrogen (secondary N) is 1. The number of para-hydroxylation sites is 2. The quantitative estimate of drug-likeness (QED) is 0.554. The summed E-state index contributed by atoms with van der Waals surface area (Å²) in [5.74, 6) is 1.79. The van der Waals surface area contributed by atoms with Crippen molar-refractivity contribution >= 4 is 5.91 Å². The molecule has 0 radical (unpaired) electrons. The van der Waals surface area contributed by atoms with Gasteiger partial charge in [0.15, 0.2) is 5.82 Å². The minimum atomic E-state index is -0.399. The van der Waals surface area contributed by atoms with Crippen molar-refractivity contribution in [2.24, 2.45) is 0 Å². The van der Waals surface area contributed by atoms with Gasteiger partial charge >= 0.3 is 0 Å². The standard InChI is InChI=1S/C24H20N4O2/c29-24(27-14-16-28-15-13-26-23(28)19-9-5-6-12-25-19)22-17-7-1-3-10-20(17)30-21-11-4-2-8-18(21)22/h1-13,15,22H,14,16H2,(H,27,29). The molecule has 3 heterocycles. The van der Waals surface area contributed by atoms with Crippen LogP contribution in [0.1, 0.15) is 17.0 Å². The number of hydrogen-bond donors (Lipinski definition) is 1. The lowest BCUT2D eigenvalue weighted by atomic mass is 9.87. The zero-order valence-corrected chi connectivity index (χ0v) is 16.2. The topological polar surface area (TPSA) is 69.0 Å². The predicted molar refractivity (Wildman–Crippen MR) is 113 cm³/mol. The van der Waals surface area contributed by atoms with E-state index < -0.39 is 5.92 Å². The van der Waals surface area contributed by atoms with Gasteiger partial charge in [0.05, 0.1) is 5.92 Å². The van der Waals surface area contributed by atoms with Crippen LogP contribution in [0, 0.1) is 0 Å². The molecule has 148 valence electrons. The lowest BCUT2D eigenvalue weighted by Gasteiger charge is -2.27. The molecule has 0 fully saturated rings. The molecule has 0 aliphatic carbocycles. The summed E-state index contributed by atoms with van der Waals surface area (Å²) in [5, 5.41) is 3.09. The minimum Gasteiger partial charge on any atom is -0.457 e. The molecule has 5 rings (SSSR count). The van der Waals surface area contributed by atoms with Gasteiger partial charge in [0.25, 0.3) is 0 Å². The molecule has 1 amide bonds. The molecule has 6 nitrogen and oxygen atoms in total. The average molecular weight is 396 g/mol. The SMILES string of the molecule is O=C(NCCn1ccnc1-c1ccccn1)C1c2ccccc2Oc2ccccc21. The van der Waals surface area contributed by atoms with E-state index in [0.717, 1.165) is 34.1 Å². The van der Waals surface area contributed by atoms with E-state index in [9.17, 15) is 4.79 Å². The van der Waals surface area contributed by atoms with Gasteiger partial charge in [-0.2, -0.15) is 0 Å². The number of aromatic nitrogens is 3. The van der Waals surface area contributed by atoms with Crippen molar-refractivity contribution in [3.63, 3.8) is 0 Å². The van der Waals surface area contributed by atoms with Gasteiger partial charge in [0.2, 0.25) is 5.91 Å². The molecule has 30 heavy (non-hydrogen) atoms. The number of carbonyl (C=O) groups excluding carboxylic acids is 1. The van der Waals surface area contributed by atoms with Gasteiger partial charge in [-0.3, -0.25) is 9.78 Å². The first-order valence-corrected chi connectivity index (χ1v) is 9.87. The largest absolute Gasteiger partial charge is 0.457 e. The summed E-state index contributed by atoms with van der Waals surface area (Å²) in [6, 6.07) is 21.1. The third kappa shape index (κ3) is 3.33. The number of carbonyl (C=O) groups is 1. The Labute approximate surface area is 174 Å². The molecule has 6 heteroatoms. The lowest BCUT2D eigenvalue weighted by Crippen LogP contribution is -2.33. The number of benzene rings is 2. The molecule has 2 aromatic carbocycles. The van der Waals surface area contributed by atoms with Crippen molar-refractivity contribution in [2.45, 2.75) is 12.5 Å². The summed E-state index contributed by atoms with van der Waals surface area (Å²) in [6.07, 6.45) is 5.39. The first kappa shape index (κ1) is 18.1. The van der Waals surface area contributed by atoms with E-state index in [4.69, 9.17) is 4.74 Å². The van der Waals surface area contributed by atoms with E-state index in [1.54, 1.807) is 12.4 Å². The van der Waals surface area contributed by atoms with Crippen LogP contribution in [0.25, 0.3) is 11.5 Å². The Balaban J connectivity index is 1.34. The van der Waals surface area contributed by atoms with Gasteiger partial charge in [-0.15, -0.1) is 0 Å². The molecular weight excluding hydrogens is 376 g/mol. The van der Waals surface area contributed by atoms with Gasteiger partial charge in [0, 0.05) is 42.8 Å². The molecule has 0 unspecified atom stereocenters. The van der Waals surface area contributed by atoms with Gasteiger partial charge in [-0.05, 0) is 24.3 Å². The maximum absolute atomic E-state index is 13.2. The van der Waals surface area contributed by atoms with E-state index in [1.807, 2.05) is 77.5 Å². The third-order valence-corrected chi connectivity index (χ3v) is 5.20. The van der Waals surface area contributed by atoms with Crippen LogP contribution in [0.5, 0.6) is 11.5 Å². The number of fused-ring (bicyclic) bond motifs is 2. The Hall–Kier alpha value is -3.93. The highest BCUT2D eigenvalue weighted by molar-refractivity contribution is 5.89. The Morgan fingerprint density at radius 1 is 0.900 bits per heavy atom. The predicted octanol–water partition coefficient (Wildman–Crippen LogP) is 4.00. The number of rotatable bonds is 5. The van der Waals surface area contributed by atoms with E-state index in [2.05, 4.69) is 15.3 Å². The fourth-order valence-electron chi connectivity index (χ4n) is 3.81. The highest BCUT2D eigenvalue weighted by Crippen LogP contribution is 2.43. The van der Waals surface area contributed by atoms with E-state index in [1.165, 1.54) is 0 Å². The second-order valence-corrected chi connectivity index (χ2v) is 7.06. The first-order chi connectivity index (χ1) is 14.8. The maximum atomic E-state index is 13.2. The van der Waals surface area contributed by atoms with Crippen molar-refractivity contribution in [3.8, 4) is 23.0 Å². The summed E-state index contributed by atoms with van der Waals surface area (Å²) >= 11 is 0. The van der Waals surface area contributed by atoms with E-state index >= 15 is 0 Å². The molecule has 4 aromatic rings. The van der Waals surface area contributed by atoms with Gasteiger partial charge in [-0.1, -0.05) is 42.5 Å². The fraction of sp³-hybridized carbons (Fsp3) is 0.125. The molecule has 2 aromatic heterocycles. The maximum Gasteiger partial charge on any atom is 0.232 e. The van der Waals surface area contributed by atoms with Crippen molar-refractivity contribution in [1.82, 2.24) is 19.9 Å². The zero-order valence-electron chi connectivity index (χ0n) is 16.2. The number of imidazole rings is 1. The van der Waals surface area contributed by atoms with Crippen LogP contribution in [0.2, 0.25) is 0 Å². The fourth-order valence-corrected chi connectivity index (χ4v) is 3.81. The average Bonchev–Trinajstić information content (AvgIpc) is 3.26. The van der Waals surface area contributed by atoms with Crippen LogP contribution in [0.3, 0.4) is 0 Å². The Bertz CT molecular complexity index is 1140. The van der Waals surface area contributed by atoms with Crippen molar-refractivity contribution in [3.05, 3.63) is 96.4 Å². The smallest absolute Gasteiger partial charge is 0.232 e. The Kier molecular flexibility index (Phi) is 4.73. The van der Waals surface area contributed by atoms with Crippen LogP contribution in [0.4, 0.5) is 0 Å². The van der Waals surface area contributed by atoms with Gasteiger partial charge in [-0.25, -0.2) is 4.98 Å². The highest BCUT2D eigenvalue weighted by atomic mass is 16.5. The van der Waals surface area contributed by atoms with Crippen LogP contribution in [-0.4, -0.2) is 27.0 Å². The Morgan fingerprint density at radius 3 is 2.30 bits per heavy atom. The van der Waals surface area contributed by atoms with Crippen LogP contribution < -0.4 is 10.1 Å². The molecule has 1 aliphatic heterocycles. The zero-order chi connectivity index (χ0) is 20.3. The van der Waals surface area contributed by atoms with Gasteiger partial charge in [0.1, 0.15) is 17.2 Å². The third-order valence-electron chi connectivity index (χ3n) is 5.20. The summed E-state index contributed by atoms with van der Waals surface area (Å²) in [7, 11) is 0. The van der Waals surface area contributed by atoms with Crippen LogP contribution >= 0.6 is 0 Å². The summed E-state index contributed by atoms with van der Waals surface area (Å²) in [5.41, 5.74) is 2.57. The summed E-state index contributed by atoms with van der Waals surface area (Å²) in [6.45, 7) is 1.08. The van der Waals surface area contributed by atoms with Crippen molar-refractivity contribution in [2.75, 3.05) is 6.54 Å². The number of nitrogens with zero attached hydrogens (tertiary/aromatic N) is 3. The molecule has 0 bridgehead atoms. The summed E-state index contributed by atoms with van der Waals surface area (Å²) in [4.78, 5) is 22.0. The second kappa shape index (κ2) is 7.83. The first-order valence-electron chi connectivity index (χ1n) is 9.87. The molecule has 0 saturated heterocycles. The van der Waals surface area contributed by atoms with E-state index in [-0.39, 0.29) is 5.91 Å². The number of pyridine rings is 1. The Morgan fingerprint density at radius 2 is 1.60 bits per heavy atom. The number of amides is 1. The molecule has 1 N–H and O–H groups in total. The van der Waals surface area contributed by atoms with Crippen molar-refractivity contribution < 1.29 is 9.53 Å². The van der Waals surface area contributed by atoms with Gasteiger partial charge < -0.3 is 14.6 Å². The minimum absolute atomic E-state index is 0.0438. The number of ether oxygens (including phenoxy) is 1. The molecule has 0 spiro atoms.